The van der Waals surface area contributed by atoms with Crippen LogP contribution in [0.25, 0.3) is 33.4 Å². The smallest absolute Gasteiger partial charge is 0.328 e. The Kier molecular flexibility index (Phi) is 5.91. The highest BCUT2D eigenvalue weighted by atomic mass is 19.1. The van der Waals surface area contributed by atoms with E-state index in [0.29, 0.717) is 12.0 Å². The third-order valence-electron chi connectivity index (χ3n) is 6.66. The Bertz CT molecular complexity index is 1380. The second kappa shape index (κ2) is 9.18. The fraction of sp³-hybridized carbons (Fsp3) is 0.133. The van der Waals surface area contributed by atoms with Crippen LogP contribution in [0.1, 0.15) is 19.3 Å². The molecule has 0 saturated heterocycles. The van der Waals surface area contributed by atoms with Gasteiger partial charge < -0.3 is 9.84 Å². The van der Waals surface area contributed by atoms with Gasteiger partial charge in [-0.2, -0.15) is 0 Å². The molecule has 0 bridgehead atoms. The zero-order valence-electron chi connectivity index (χ0n) is 18.9. The number of carbonyl (C=O) groups is 2. The molecule has 5 rings (SSSR count). The van der Waals surface area contributed by atoms with Gasteiger partial charge in [-0.3, -0.25) is 9.59 Å². The van der Waals surface area contributed by atoms with Gasteiger partial charge in [0, 0.05) is 11.1 Å². The van der Waals surface area contributed by atoms with E-state index in [1.54, 1.807) is 18.2 Å². The Morgan fingerprint density at radius 3 is 1.83 bits per heavy atom. The number of carbonyl (C=O) groups excluding carboxylic acids is 1. The predicted octanol–water partition coefficient (Wildman–Crippen LogP) is 6.99. The van der Waals surface area contributed by atoms with E-state index in [1.165, 1.54) is 12.1 Å². The third kappa shape index (κ3) is 4.10. The monoisotopic (exact) mass is 466 g/mol. The maximum atomic E-state index is 13.8. The first kappa shape index (κ1) is 22.5. The van der Waals surface area contributed by atoms with Crippen LogP contribution in [0.4, 0.5) is 4.39 Å². The van der Waals surface area contributed by atoms with Crippen molar-refractivity contribution in [1.29, 1.82) is 0 Å². The van der Waals surface area contributed by atoms with Gasteiger partial charge in [-0.05, 0) is 59.7 Å². The van der Waals surface area contributed by atoms with Crippen molar-refractivity contribution in [2.45, 2.75) is 19.3 Å². The molecule has 0 heterocycles. The SMILES string of the molecule is O=C(O)C1(C(=O)Oc2ccc(-c3ccccc3)c(-c3ccc(F)cc3)c2-c2ccccc2)CCC1. The first-order chi connectivity index (χ1) is 17.0. The van der Waals surface area contributed by atoms with Crippen LogP contribution in [0.5, 0.6) is 5.75 Å². The first-order valence-electron chi connectivity index (χ1n) is 11.5. The van der Waals surface area contributed by atoms with E-state index in [2.05, 4.69) is 0 Å². The number of aliphatic carboxylic acids is 1. The lowest BCUT2D eigenvalue weighted by Crippen LogP contribution is -2.47. The molecule has 0 radical (unpaired) electrons. The van der Waals surface area contributed by atoms with Gasteiger partial charge in [0.25, 0.3) is 0 Å². The van der Waals surface area contributed by atoms with Crippen LogP contribution in [0, 0.1) is 11.2 Å². The molecule has 0 atom stereocenters. The van der Waals surface area contributed by atoms with E-state index in [0.717, 1.165) is 27.8 Å². The Morgan fingerprint density at radius 2 is 1.29 bits per heavy atom. The lowest BCUT2D eigenvalue weighted by atomic mass is 9.69. The second-order valence-corrected chi connectivity index (χ2v) is 8.73. The number of hydrogen-bond donors (Lipinski definition) is 1. The van der Waals surface area contributed by atoms with Gasteiger partial charge in [-0.1, -0.05) is 78.9 Å². The fourth-order valence-electron chi connectivity index (χ4n) is 4.57. The lowest BCUT2D eigenvalue weighted by molar-refractivity contribution is -0.169. The summed E-state index contributed by atoms with van der Waals surface area (Å²) in [6, 6.07) is 29.0. The van der Waals surface area contributed by atoms with Crippen molar-refractivity contribution in [3.63, 3.8) is 0 Å². The molecule has 1 aliphatic rings. The van der Waals surface area contributed by atoms with Crippen molar-refractivity contribution in [3.8, 4) is 39.1 Å². The lowest BCUT2D eigenvalue weighted by Gasteiger charge is -2.35. The van der Waals surface area contributed by atoms with Crippen LogP contribution >= 0.6 is 0 Å². The normalized spacial score (nSPS) is 14.1. The third-order valence-corrected chi connectivity index (χ3v) is 6.66. The van der Waals surface area contributed by atoms with Crippen molar-refractivity contribution >= 4 is 11.9 Å². The van der Waals surface area contributed by atoms with E-state index in [1.807, 2.05) is 66.7 Å². The maximum absolute atomic E-state index is 13.8. The van der Waals surface area contributed by atoms with E-state index >= 15 is 0 Å². The molecular weight excluding hydrogens is 443 g/mol. The number of carboxylic acids is 1. The summed E-state index contributed by atoms with van der Waals surface area (Å²) >= 11 is 0. The number of benzene rings is 4. The second-order valence-electron chi connectivity index (χ2n) is 8.73. The molecule has 1 saturated carbocycles. The van der Waals surface area contributed by atoms with E-state index in [9.17, 15) is 19.1 Å². The molecular formula is C30H23FO4. The molecule has 0 spiro atoms. The van der Waals surface area contributed by atoms with Gasteiger partial charge in [-0.15, -0.1) is 0 Å². The largest absolute Gasteiger partial charge is 0.480 e. The van der Waals surface area contributed by atoms with Crippen molar-refractivity contribution in [1.82, 2.24) is 0 Å². The molecule has 5 heteroatoms. The molecule has 4 aromatic rings. The summed E-state index contributed by atoms with van der Waals surface area (Å²) in [4.78, 5) is 25.0. The first-order valence-corrected chi connectivity index (χ1v) is 11.5. The summed E-state index contributed by atoms with van der Waals surface area (Å²) in [5, 5.41) is 9.73. The summed E-state index contributed by atoms with van der Waals surface area (Å²) < 4.78 is 19.7. The molecule has 35 heavy (non-hydrogen) atoms. The van der Waals surface area contributed by atoms with Crippen LogP contribution in [0.2, 0.25) is 0 Å². The summed E-state index contributed by atoms with van der Waals surface area (Å²) in [5.74, 6) is -2.00. The maximum Gasteiger partial charge on any atom is 0.328 e. The van der Waals surface area contributed by atoms with Crippen molar-refractivity contribution in [2.24, 2.45) is 5.41 Å². The van der Waals surface area contributed by atoms with Crippen LogP contribution in [0.15, 0.2) is 97.1 Å². The number of halogens is 1. The quantitative estimate of drug-likeness (QED) is 0.189. The van der Waals surface area contributed by atoms with Gasteiger partial charge in [0.15, 0.2) is 5.41 Å². The van der Waals surface area contributed by atoms with Crippen LogP contribution in [-0.2, 0) is 9.59 Å². The summed E-state index contributed by atoms with van der Waals surface area (Å²) in [5.41, 5.74) is 3.28. The van der Waals surface area contributed by atoms with Crippen molar-refractivity contribution in [3.05, 3.63) is 103 Å². The van der Waals surface area contributed by atoms with Gasteiger partial charge in [-0.25, -0.2) is 4.39 Å². The number of hydrogen-bond acceptors (Lipinski definition) is 3. The number of rotatable bonds is 6. The van der Waals surface area contributed by atoms with Gasteiger partial charge in [0.2, 0.25) is 0 Å². The van der Waals surface area contributed by atoms with E-state index in [4.69, 9.17) is 4.74 Å². The molecule has 1 aliphatic carbocycles. The van der Waals surface area contributed by atoms with Crippen LogP contribution < -0.4 is 4.74 Å². The minimum atomic E-state index is -1.51. The van der Waals surface area contributed by atoms with Gasteiger partial charge in [0.1, 0.15) is 11.6 Å². The highest BCUT2D eigenvalue weighted by Gasteiger charge is 2.53. The van der Waals surface area contributed by atoms with Crippen molar-refractivity contribution < 1.29 is 23.8 Å². The topological polar surface area (TPSA) is 63.6 Å². The summed E-state index contributed by atoms with van der Waals surface area (Å²) in [6.07, 6.45) is 1.18. The zero-order chi connectivity index (χ0) is 24.4. The highest BCUT2D eigenvalue weighted by molar-refractivity contribution is 6.03. The molecule has 0 unspecified atom stereocenters. The molecule has 4 nitrogen and oxygen atoms in total. The van der Waals surface area contributed by atoms with Crippen LogP contribution in [-0.4, -0.2) is 17.0 Å². The van der Waals surface area contributed by atoms with Gasteiger partial charge >= 0.3 is 11.9 Å². The number of esters is 1. The van der Waals surface area contributed by atoms with E-state index in [-0.39, 0.29) is 24.4 Å². The molecule has 4 aromatic carbocycles. The Labute approximate surface area is 202 Å². The molecule has 1 N–H and O–H groups in total. The minimum Gasteiger partial charge on any atom is -0.480 e. The minimum absolute atomic E-state index is 0.259. The molecule has 0 amide bonds. The molecule has 1 fully saturated rings. The predicted molar refractivity (Wildman–Crippen MR) is 132 cm³/mol. The van der Waals surface area contributed by atoms with Gasteiger partial charge in [0.05, 0.1) is 0 Å². The number of carboxylic acid groups (broad SMARTS) is 1. The Hall–Kier alpha value is -4.25. The highest BCUT2D eigenvalue weighted by Crippen LogP contribution is 2.47. The zero-order valence-corrected chi connectivity index (χ0v) is 18.9. The van der Waals surface area contributed by atoms with E-state index < -0.39 is 17.4 Å². The number of ether oxygens (including phenoxy) is 1. The Balaban J connectivity index is 1.75. The average molecular weight is 467 g/mol. The standard InChI is InChI=1S/C30H23FO4/c31-23-14-12-22(13-15-23)26-24(20-8-3-1-4-9-20)16-17-25(27(26)21-10-5-2-6-11-21)35-29(34)30(28(32)33)18-7-19-30/h1-6,8-17H,7,18-19H2,(H,32,33). The molecule has 174 valence electrons. The summed E-state index contributed by atoms with van der Waals surface area (Å²) in [6.45, 7) is 0. The van der Waals surface area contributed by atoms with Crippen molar-refractivity contribution in [2.75, 3.05) is 0 Å². The average Bonchev–Trinajstić information content (AvgIpc) is 2.84. The molecule has 0 aromatic heterocycles. The Morgan fingerprint density at radius 1 is 0.714 bits per heavy atom. The van der Waals surface area contributed by atoms with Crippen LogP contribution in [0.3, 0.4) is 0 Å². The fourth-order valence-corrected chi connectivity index (χ4v) is 4.57. The molecule has 0 aliphatic heterocycles. The summed E-state index contributed by atoms with van der Waals surface area (Å²) in [7, 11) is 0.